The quantitative estimate of drug-likeness (QED) is 0.341. The van der Waals surface area contributed by atoms with Gasteiger partial charge in [-0.1, -0.05) is 30.3 Å². The number of halogens is 2. The minimum absolute atomic E-state index is 0.0810. The molecule has 4 aromatic rings. The lowest BCUT2D eigenvalue weighted by atomic mass is 10.2. The van der Waals surface area contributed by atoms with E-state index in [0.29, 0.717) is 0 Å². The fourth-order valence-electron chi connectivity index (χ4n) is 2.18. The summed E-state index contributed by atoms with van der Waals surface area (Å²) in [5.41, 5.74) is 1.23. The fourth-order valence-corrected chi connectivity index (χ4v) is 2.18. The van der Waals surface area contributed by atoms with Crippen molar-refractivity contribution in [3.05, 3.63) is 105 Å². The van der Waals surface area contributed by atoms with E-state index in [1.54, 1.807) is 36.5 Å². The molecule has 0 atom stereocenters. The molecule has 29 heavy (non-hydrogen) atoms. The SMILES string of the molecule is FC(F)c1ccccc1.O=[N+]([O-])c1cc[nH]c1.O=[N+]([O-])c1ccc2[nH]ccc2c1. The maximum Gasteiger partial charge on any atom is 0.286 e. The number of benzene rings is 2. The second kappa shape index (κ2) is 10.3. The van der Waals surface area contributed by atoms with Gasteiger partial charge in [0.1, 0.15) is 0 Å². The molecule has 2 aromatic carbocycles. The number of fused-ring (bicyclic) bond motifs is 1. The van der Waals surface area contributed by atoms with Crippen molar-refractivity contribution in [1.29, 1.82) is 0 Å². The van der Waals surface area contributed by atoms with Gasteiger partial charge in [-0.3, -0.25) is 20.2 Å². The molecule has 2 N–H and O–H groups in total. The van der Waals surface area contributed by atoms with Gasteiger partial charge in [0.15, 0.2) is 0 Å². The van der Waals surface area contributed by atoms with Crippen LogP contribution >= 0.6 is 0 Å². The first-order valence-corrected chi connectivity index (χ1v) is 8.20. The second-order valence-electron chi connectivity index (χ2n) is 5.54. The summed E-state index contributed by atoms with van der Waals surface area (Å²) in [6.45, 7) is 0. The summed E-state index contributed by atoms with van der Waals surface area (Å²) in [4.78, 5) is 24.9. The molecule has 0 amide bonds. The number of hydrogen-bond donors (Lipinski definition) is 2. The number of hydrogen-bond acceptors (Lipinski definition) is 4. The lowest BCUT2D eigenvalue weighted by molar-refractivity contribution is -0.384. The molecule has 10 heteroatoms. The lowest BCUT2D eigenvalue weighted by Crippen LogP contribution is -1.86. The third-order valence-corrected chi connectivity index (χ3v) is 3.59. The maximum atomic E-state index is 11.8. The molecule has 0 aliphatic heterocycles. The molecule has 2 aromatic heterocycles. The summed E-state index contributed by atoms with van der Waals surface area (Å²) >= 11 is 0. The number of aromatic amines is 2. The molecule has 150 valence electrons. The van der Waals surface area contributed by atoms with Crippen LogP contribution < -0.4 is 0 Å². The number of aromatic nitrogens is 2. The number of H-pyrrole nitrogens is 2. The molecule has 0 radical (unpaired) electrons. The zero-order chi connectivity index (χ0) is 21.2. The molecule has 0 spiro atoms. The van der Waals surface area contributed by atoms with E-state index in [4.69, 9.17) is 0 Å². The molecule has 0 unspecified atom stereocenters. The third kappa shape index (κ3) is 6.54. The predicted molar refractivity (Wildman–Crippen MR) is 104 cm³/mol. The number of nitro benzene ring substituents is 1. The van der Waals surface area contributed by atoms with E-state index < -0.39 is 16.3 Å². The Hall–Kier alpha value is -4.08. The number of rotatable bonds is 3. The molecule has 8 nitrogen and oxygen atoms in total. The summed E-state index contributed by atoms with van der Waals surface area (Å²) in [5, 5.41) is 21.1. The predicted octanol–water partition coefficient (Wildman–Crippen LogP) is 5.62. The summed E-state index contributed by atoms with van der Waals surface area (Å²) in [6, 6.07) is 15.7. The van der Waals surface area contributed by atoms with Crippen LogP contribution in [0, 0.1) is 20.2 Å². The maximum absolute atomic E-state index is 11.8. The first kappa shape index (κ1) is 21.2. The Morgan fingerprint density at radius 3 is 2.00 bits per heavy atom. The second-order valence-corrected chi connectivity index (χ2v) is 5.54. The summed E-state index contributed by atoms with van der Waals surface area (Å²) in [6.07, 6.45) is 2.26. The van der Waals surface area contributed by atoms with Crippen LogP contribution in [0.4, 0.5) is 20.2 Å². The van der Waals surface area contributed by atoms with E-state index in [1.807, 2.05) is 6.07 Å². The van der Waals surface area contributed by atoms with Crippen LogP contribution in [0.2, 0.25) is 0 Å². The molecule has 2 heterocycles. The monoisotopic (exact) mass is 402 g/mol. The molecular weight excluding hydrogens is 386 g/mol. The van der Waals surface area contributed by atoms with Gasteiger partial charge in [-0.2, -0.15) is 0 Å². The van der Waals surface area contributed by atoms with Gasteiger partial charge in [-0.25, -0.2) is 8.78 Å². The van der Waals surface area contributed by atoms with Crippen LogP contribution in [0.25, 0.3) is 10.9 Å². The van der Waals surface area contributed by atoms with Gasteiger partial charge < -0.3 is 9.97 Å². The Morgan fingerprint density at radius 2 is 1.52 bits per heavy atom. The highest BCUT2D eigenvalue weighted by molar-refractivity contribution is 5.81. The van der Waals surface area contributed by atoms with Crippen molar-refractivity contribution in [2.24, 2.45) is 0 Å². The van der Waals surface area contributed by atoms with E-state index in [2.05, 4.69) is 9.97 Å². The Balaban J connectivity index is 0.000000160. The van der Waals surface area contributed by atoms with E-state index in [-0.39, 0.29) is 16.9 Å². The molecule has 0 aliphatic rings. The average Bonchev–Trinajstić information content (AvgIpc) is 3.41. The van der Waals surface area contributed by atoms with E-state index in [1.165, 1.54) is 36.7 Å². The first-order chi connectivity index (χ1) is 13.9. The highest BCUT2D eigenvalue weighted by Crippen LogP contribution is 2.19. The molecule has 0 saturated carbocycles. The van der Waals surface area contributed by atoms with Crippen molar-refractivity contribution in [2.45, 2.75) is 6.43 Å². The van der Waals surface area contributed by atoms with E-state index in [0.717, 1.165) is 10.9 Å². The third-order valence-electron chi connectivity index (χ3n) is 3.59. The summed E-state index contributed by atoms with van der Waals surface area (Å²) in [5.74, 6) is 0. The van der Waals surface area contributed by atoms with Gasteiger partial charge in [0, 0.05) is 47.1 Å². The molecule has 0 aliphatic carbocycles. The Bertz CT molecular complexity index is 1050. The zero-order valence-corrected chi connectivity index (χ0v) is 14.9. The van der Waals surface area contributed by atoms with Gasteiger partial charge in [0.2, 0.25) is 0 Å². The topological polar surface area (TPSA) is 118 Å². The van der Waals surface area contributed by atoms with Crippen molar-refractivity contribution in [3.8, 4) is 0 Å². The number of nitrogens with one attached hydrogen (secondary N) is 2. The van der Waals surface area contributed by atoms with Gasteiger partial charge in [-0.05, 0) is 12.1 Å². The first-order valence-electron chi connectivity index (χ1n) is 8.20. The average molecular weight is 402 g/mol. The van der Waals surface area contributed by atoms with Gasteiger partial charge >= 0.3 is 0 Å². The molecule has 0 saturated heterocycles. The molecule has 0 fully saturated rings. The van der Waals surface area contributed by atoms with Crippen molar-refractivity contribution >= 4 is 22.3 Å². The highest BCUT2D eigenvalue weighted by Gasteiger charge is 2.05. The van der Waals surface area contributed by atoms with E-state index in [9.17, 15) is 29.0 Å². The fraction of sp³-hybridized carbons (Fsp3) is 0.0526. The Morgan fingerprint density at radius 1 is 0.828 bits per heavy atom. The standard InChI is InChI=1S/C8H6N2O2.C7H6F2.C4H4N2O2/c11-10(12)7-1-2-8-6(5-7)3-4-9-8;8-7(9)6-4-2-1-3-5-6;7-6(8)4-1-2-5-3-4/h1-5,9H;1-5,7H;1-3,5H. The van der Waals surface area contributed by atoms with E-state index >= 15 is 0 Å². The Labute approximate surface area is 163 Å². The van der Waals surface area contributed by atoms with Gasteiger partial charge in [-0.15, -0.1) is 0 Å². The Kier molecular flexibility index (Phi) is 7.54. The number of alkyl halides is 2. The van der Waals surface area contributed by atoms with Crippen LogP contribution in [0.15, 0.2) is 79.3 Å². The van der Waals surface area contributed by atoms with Crippen LogP contribution in [0.3, 0.4) is 0 Å². The minimum atomic E-state index is -2.34. The van der Waals surface area contributed by atoms with Crippen molar-refractivity contribution in [3.63, 3.8) is 0 Å². The van der Waals surface area contributed by atoms with Crippen LogP contribution in [-0.2, 0) is 0 Å². The normalized spacial score (nSPS) is 9.90. The molecule has 4 rings (SSSR count). The van der Waals surface area contributed by atoms with Crippen molar-refractivity contribution < 1.29 is 18.6 Å². The van der Waals surface area contributed by atoms with Crippen LogP contribution in [0.1, 0.15) is 12.0 Å². The van der Waals surface area contributed by atoms with Gasteiger partial charge in [0.25, 0.3) is 17.8 Å². The molecular formula is C19H16F2N4O4. The number of nitrogens with zero attached hydrogens (tertiary/aromatic N) is 2. The van der Waals surface area contributed by atoms with Crippen molar-refractivity contribution in [1.82, 2.24) is 9.97 Å². The number of nitro groups is 2. The highest BCUT2D eigenvalue weighted by atomic mass is 19.3. The zero-order valence-electron chi connectivity index (χ0n) is 14.9. The summed E-state index contributed by atoms with van der Waals surface area (Å²) in [7, 11) is 0. The summed E-state index contributed by atoms with van der Waals surface area (Å²) < 4.78 is 23.5. The minimum Gasteiger partial charge on any atom is -0.362 e. The van der Waals surface area contributed by atoms with Gasteiger partial charge in [0.05, 0.1) is 16.0 Å². The molecule has 0 bridgehead atoms. The number of non-ortho nitro benzene ring substituents is 1. The van der Waals surface area contributed by atoms with Crippen LogP contribution in [0.5, 0.6) is 0 Å². The largest absolute Gasteiger partial charge is 0.362 e. The lowest BCUT2D eigenvalue weighted by Gasteiger charge is -1.94. The smallest absolute Gasteiger partial charge is 0.286 e. The van der Waals surface area contributed by atoms with Crippen molar-refractivity contribution in [2.75, 3.05) is 0 Å². The van der Waals surface area contributed by atoms with Crippen LogP contribution in [-0.4, -0.2) is 19.8 Å².